The third-order valence-electron chi connectivity index (χ3n) is 2.65. The van der Waals surface area contributed by atoms with Gasteiger partial charge in [-0.2, -0.15) is 0 Å². The maximum atomic E-state index is 11.5. The first-order valence-electron chi connectivity index (χ1n) is 6.34. The van der Waals surface area contributed by atoms with Gasteiger partial charge in [0.25, 0.3) is 5.91 Å². The predicted octanol–water partition coefficient (Wildman–Crippen LogP) is 1.27. The van der Waals surface area contributed by atoms with Gasteiger partial charge in [0.2, 0.25) is 0 Å². The molecule has 5 nitrogen and oxygen atoms in total. The molecule has 0 saturated heterocycles. The van der Waals surface area contributed by atoms with Crippen LogP contribution in [0, 0.1) is 0 Å². The van der Waals surface area contributed by atoms with Crippen LogP contribution in [-0.4, -0.2) is 37.9 Å². The molecule has 1 aromatic rings. The van der Waals surface area contributed by atoms with Crippen LogP contribution in [-0.2, 0) is 9.53 Å². The van der Waals surface area contributed by atoms with Crippen molar-refractivity contribution in [3.63, 3.8) is 0 Å². The second-order valence-electron chi connectivity index (χ2n) is 4.09. The Morgan fingerprint density at radius 3 is 2.84 bits per heavy atom. The number of rotatable bonds is 8. The Bertz CT molecular complexity index is 395. The van der Waals surface area contributed by atoms with Crippen LogP contribution in [0.15, 0.2) is 24.3 Å². The van der Waals surface area contributed by atoms with Crippen molar-refractivity contribution >= 4 is 5.91 Å². The number of para-hydroxylation sites is 1. The molecule has 2 N–H and O–H groups in total. The summed E-state index contributed by atoms with van der Waals surface area (Å²) in [5, 5.41) is 12.5. The number of amides is 1. The average molecular weight is 267 g/mol. The summed E-state index contributed by atoms with van der Waals surface area (Å²) in [5.41, 5.74) is 0.703. The normalized spacial score (nSPS) is 11.9. The highest BCUT2D eigenvalue weighted by Gasteiger charge is 2.12. The highest BCUT2D eigenvalue weighted by atomic mass is 16.5. The number of ether oxygens (including phenoxy) is 2. The molecule has 0 aromatic heterocycles. The first-order valence-corrected chi connectivity index (χ1v) is 6.34. The Morgan fingerprint density at radius 1 is 1.42 bits per heavy atom. The lowest BCUT2D eigenvalue weighted by Crippen LogP contribution is -2.31. The van der Waals surface area contributed by atoms with Crippen LogP contribution in [0.25, 0.3) is 0 Å². The number of hydrogen-bond donors (Lipinski definition) is 2. The van der Waals surface area contributed by atoms with E-state index in [9.17, 15) is 9.90 Å². The zero-order valence-electron chi connectivity index (χ0n) is 11.4. The molecule has 19 heavy (non-hydrogen) atoms. The van der Waals surface area contributed by atoms with E-state index in [1.54, 1.807) is 19.2 Å². The van der Waals surface area contributed by atoms with E-state index in [1.165, 1.54) is 0 Å². The van der Waals surface area contributed by atoms with Gasteiger partial charge in [-0.25, -0.2) is 0 Å². The standard InChI is InChI=1S/C14H21NO4/c1-3-12(16)11-6-4-5-7-13(11)19-10-14(17)15-8-9-18-2/h4-7,12,16H,3,8-10H2,1-2H3,(H,15,17). The molecular formula is C14H21NO4. The quantitative estimate of drug-likeness (QED) is 0.696. The lowest BCUT2D eigenvalue weighted by molar-refractivity contribution is -0.123. The van der Waals surface area contributed by atoms with E-state index in [0.717, 1.165) is 0 Å². The monoisotopic (exact) mass is 267 g/mol. The number of benzene rings is 1. The fourth-order valence-electron chi connectivity index (χ4n) is 1.59. The molecule has 1 rings (SSSR count). The summed E-state index contributed by atoms with van der Waals surface area (Å²) in [6.07, 6.45) is 0.0215. The largest absolute Gasteiger partial charge is 0.483 e. The smallest absolute Gasteiger partial charge is 0.258 e. The lowest BCUT2D eigenvalue weighted by atomic mass is 10.1. The maximum absolute atomic E-state index is 11.5. The summed E-state index contributed by atoms with van der Waals surface area (Å²) in [5.74, 6) is 0.330. The predicted molar refractivity (Wildman–Crippen MR) is 72.1 cm³/mol. The van der Waals surface area contributed by atoms with Gasteiger partial charge >= 0.3 is 0 Å². The summed E-state index contributed by atoms with van der Waals surface area (Å²) in [6, 6.07) is 7.19. The average Bonchev–Trinajstić information content (AvgIpc) is 2.45. The van der Waals surface area contributed by atoms with Crippen molar-refractivity contribution in [3.05, 3.63) is 29.8 Å². The fraction of sp³-hybridized carbons (Fsp3) is 0.500. The van der Waals surface area contributed by atoms with Crippen LogP contribution < -0.4 is 10.1 Å². The Labute approximate surface area is 113 Å². The van der Waals surface area contributed by atoms with Gasteiger partial charge in [-0.15, -0.1) is 0 Å². The van der Waals surface area contributed by atoms with Crippen molar-refractivity contribution in [1.29, 1.82) is 0 Å². The lowest BCUT2D eigenvalue weighted by Gasteiger charge is -2.14. The number of carbonyl (C=O) groups is 1. The van der Waals surface area contributed by atoms with Gasteiger partial charge in [0.05, 0.1) is 12.7 Å². The van der Waals surface area contributed by atoms with Crippen molar-refractivity contribution in [3.8, 4) is 5.75 Å². The molecule has 0 bridgehead atoms. The van der Waals surface area contributed by atoms with Crippen molar-refractivity contribution in [2.75, 3.05) is 26.9 Å². The third kappa shape index (κ3) is 5.28. The van der Waals surface area contributed by atoms with Gasteiger partial charge < -0.3 is 19.9 Å². The van der Waals surface area contributed by atoms with Crippen molar-refractivity contribution in [1.82, 2.24) is 5.32 Å². The molecule has 1 amide bonds. The van der Waals surface area contributed by atoms with Gasteiger partial charge in [0.1, 0.15) is 5.75 Å². The molecule has 5 heteroatoms. The van der Waals surface area contributed by atoms with Gasteiger partial charge in [0.15, 0.2) is 6.61 Å². The molecule has 1 atom stereocenters. The molecule has 0 heterocycles. The Kier molecular flexibility index (Phi) is 6.92. The second-order valence-corrected chi connectivity index (χ2v) is 4.09. The second kappa shape index (κ2) is 8.50. The van der Waals surface area contributed by atoms with E-state index in [0.29, 0.717) is 30.9 Å². The van der Waals surface area contributed by atoms with Gasteiger partial charge in [-0.05, 0) is 12.5 Å². The minimum absolute atomic E-state index is 0.0723. The topological polar surface area (TPSA) is 67.8 Å². The van der Waals surface area contributed by atoms with Crippen LogP contribution in [0.3, 0.4) is 0 Å². The number of nitrogens with one attached hydrogen (secondary N) is 1. The van der Waals surface area contributed by atoms with E-state index in [2.05, 4.69) is 5.32 Å². The molecular weight excluding hydrogens is 246 g/mol. The Morgan fingerprint density at radius 2 is 2.16 bits per heavy atom. The molecule has 106 valence electrons. The Balaban J connectivity index is 2.50. The number of methoxy groups -OCH3 is 1. The highest BCUT2D eigenvalue weighted by molar-refractivity contribution is 5.77. The summed E-state index contributed by atoms with van der Waals surface area (Å²) in [7, 11) is 1.57. The van der Waals surface area contributed by atoms with Crippen LogP contribution in [0.5, 0.6) is 5.75 Å². The van der Waals surface area contributed by atoms with Crippen LogP contribution in [0.4, 0.5) is 0 Å². The SMILES string of the molecule is CCC(O)c1ccccc1OCC(=O)NCCOC. The van der Waals surface area contributed by atoms with Gasteiger partial charge in [-0.3, -0.25) is 4.79 Å². The fourth-order valence-corrected chi connectivity index (χ4v) is 1.59. The van der Waals surface area contributed by atoms with Gasteiger partial charge in [-0.1, -0.05) is 25.1 Å². The van der Waals surface area contributed by atoms with Crippen molar-refractivity contribution in [2.45, 2.75) is 19.4 Å². The Hall–Kier alpha value is -1.59. The zero-order chi connectivity index (χ0) is 14.1. The minimum Gasteiger partial charge on any atom is -0.483 e. The van der Waals surface area contributed by atoms with Crippen molar-refractivity contribution in [2.24, 2.45) is 0 Å². The minimum atomic E-state index is -0.576. The third-order valence-corrected chi connectivity index (χ3v) is 2.65. The number of aliphatic hydroxyl groups is 1. The zero-order valence-corrected chi connectivity index (χ0v) is 11.4. The van der Waals surface area contributed by atoms with E-state index < -0.39 is 6.10 Å². The van der Waals surface area contributed by atoms with Crippen LogP contribution >= 0.6 is 0 Å². The van der Waals surface area contributed by atoms with E-state index in [-0.39, 0.29) is 12.5 Å². The van der Waals surface area contributed by atoms with Crippen molar-refractivity contribution < 1.29 is 19.4 Å². The van der Waals surface area contributed by atoms with E-state index >= 15 is 0 Å². The molecule has 0 radical (unpaired) electrons. The summed E-state index contributed by atoms with van der Waals surface area (Å²) >= 11 is 0. The number of aliphatic hydroxyl groups excluding tert-OH is 1. The first kappa shape index (κ1) is 15.5. The first-order chi connectivity index (χ1) is 9.19. The molecule has 0 aliphatic carbocycles. The number of carbonyl (C=O) groups excluding carboxylic acids is 1. The maximum Gasteiger partial charge on any atom is 0.258 e. The van der Waals surface area contributed by atoms with Crippen LogP contribution in [0.2, 0.25) is 0 Å². The molecule has 0 fully saturated rings. The summed E-state index contributed by atoms with van der Waals surface area (Å²) in [6.45, 7) is 2.74. The molecule has 0 aliphatic rings. The van der Waals surface area contributed by atoms with Crippen LogP contribution in [0.1, 0.15) is 25.0 Å². The van der Waals surface area contributed by atoms with E-state index in [4.69, 9.17) is 9.47 Å². The molecule has 0 saturated carbocycles. The summed E-state index contributed by atoms with van der Waals surface area (Å²) in [4.78, 5) is 11.5. The summed E-state index contributed by atoms with van der Waals surface area (Å²) < 4.78 is 10.3. The van der Waals surface area contributed by atoms with E-state index in [1.807, 2.05) is 19.1 Å². The highest BCUT2D eigenvalue weighted by Crippen LogP contribution is 2.26. The molecule has 0 spiro atoms. The molecule has 1 unspecified atom stereocenters. The molecule has 0 aliphatic heterocycles. The molecule has 1 aromatic carbocycles. The van der Waals surface area contributed by atoms with Gasteiger partial charge in [0, 0.05) is 19.2 Å². The number of hydrogen-bond acceptors (Lipinski definition) is 4.